The molecule has 0 radical (unpaired) electrons. The number of urea groups is 1. The maximum Gasteiger partial charge on any atom is 0.323 e. The number of nitrogens with zero attached hydrogens (tertiary/aromatic N) is 1. The first-order valence-electron chi connectivity index (χ1n) is 10.2. The van der Waals surface area contributed by atoms with Crippen LogP contribution in [0.5, 0.6) is 0 Å². The largest absolute Gasteiger partial charge is 0.352 e. The van der Waals surface area contributed by atoms with Gasteiger partial charge in [0.05, 0.1) is 10.7 Å². The van der Waals surface area contributed by atoms with Crippen molar-refractivity contribution in [3.8, 4) is 0 Å². The van der Waals surface area contributed by atoms with Gasteiger partial charge in [0.25, 0.3) is 5.91 Å². The van der Waals surface area contributed by atoms with E-state index >= 15 is 0 Å². The van der Waals surface area contributed by atoms with Gasteiger partial charge in [0.1, 0.15) is 0 Å². The first kappa shape index (κ1) is 20.1. The fourth-order valence-corrected chi connectivity index (χ4v) is 4.57. The first-order valence-corrected chi connectivity index (χ1v) is 11.0. The van der Waals surface area contributed by atoms with Crippen molar-refractivity contribution in [1.82, 2.24) is 10.3 Å². The van der Waals surface area contributed by atoms with Gasteiger partial charge in [0, 0.05) is 34.8 Å². The fourth-order valence-electron chi connectivity index (χ4n) is 3.42. The molecule has 0 fully saturated rings. The van der Waals surface area contributed by atoms with E-state index in [0.29, 0.717) is 23.5 Å². The van der Waals surface area contributed by atoms with E-state index in [1.165, 1.54) is 23.4 Å². The quantitative estimate of drug-likeness (QED) is 0.543. The number of nitrogens with one attached hydrogen (secondary N) is 3. The smallest absolute Gasteiger partial charge is 0.323 e. The lowest BCUT2D eigenvalue weighted by molar-refractivity contribution is 0.0954. The Bertz CT molecular complexity index is 992. The second-order valence-electron chi connectivity index (χ2n) is 7.21. The number of benzene rings is 2. The third-order valence-electron chi connectivity index (χ3n) is 4.95. The van der Waals surface area contributed by atoms with Crippen LogP contribution in [0.25, 0.3) is 0 Å². The van der Waals surface area contributed by atoms with Crippen molar-refractivity contribution in [1.29, 1.82) is 0 Å². The molecule has 0 unspecified atom stereocenters. The van der Waals surface area contributed by atoms with Gasteiger partial charge in [-0.05, 0) is 62.1 Å². The minimum Gasteiger partial charge on any atom is -0.352 e. The molecule has 3 amide bonds. The Balaban J connectivity index is 1.24. The summed E-state index contributed by atoms with van der Waals surface area (Å²) in [7, 11) is 0. The molecule has 4 rings (SSSR count). The van der Waals surface area contributed by atoms with E-state index in [-0.39, 0.29) is 11.9 Å². The van der Waals surface area contributed by atoms with Gasteiger partial charge in [-0.15, -0.1) is 11.3 Å². The molecule has 1 aromatic heterocycles. The van der Waals surface area contributed by atoms with Crippen molar-refractivity contribution in [2.75, 3.05) is 17.2 Å². The van der Waals surface area contributed by atoms with Crippen molar-refractivity contribution in [2.45, 2.75) is 32.1 Å². The zero-order valence-electron chi connectivity index (χ0n) is 16.6. The van der Waals surface area contributed by atoms with Crippen LogP contribution in [-0.2, 0) is 19.3 Å². The standard InChI is InChI=1S/C23H24N4O2S/c28-22(24-15-14-21-27-19-8-4-5-9-20(19)30-21)16-10-12-18(13-11-16)26-23(29)25-17-6-2-1-3-7-17/h1-3,6-7,10-13H,4-5,8-9,14-15H2,(H,24,28)(H2,25,26,29). The van der Waals surface area contributed by atoms with Gasteiger partial charge in [-0.1, -0.05) is 18.2 Å². The Morgan fingerprint density at radius 1 is 0.900 bits per heavy atom. The lowest BCUT2D eigenvalue weighted by Gasteiger charge is -2.08. The summed E-state index contributed by atoms with van der Waals surface area (Å²) in [5.41, 5.74) is 3.15. The summed E-state index contributed by atoms with van der Waals surface area (Å²) in [6.07, 6.45) is 5.46. The Hall–Kier alpha value is -3.19. The van der Waals surface area contributed by atoms with Crippen LogP contribution in [-0.4, -0.2) is 23.5 Å². The number of fused-ring (bicyclic) bond motifs is 1. The molecule has 0 atom stereocenters. The number of carbonyl (C=O) groups excluding carboxylic acids is 2. The maximum atomic E-state index is 12.4. The normalized spacial score (nSPS) is 12.7. The average Bonchev–Trinajstić information content (AvgIpc) is 3.17. The first-order chi connectivity index (χ1) is 14.7. The number of hydrogen-bond donors (Lipinski definition) is 3. The van der Waals surface area contributed by atoms with Gasteiger partial charge >= 0.3 is 6.03 Å². The summed E-state index contributed by atoms with van der Waals surface area (Å²) in [5.74, 6) is -0.128. The Kier molecular flexibility index (Phi) is 6.39. The number of hydrogen-bond acceptors (Lipinski definition) is 4. The zero-order chi connectivity index (χ0) is 20.8. The second kappa shape index (κ2) is 9.54. The molecule has 0 saturated heterocycles. The number of aryl methyl sites for hydroxylation is 2. The Morgan fingerprint density at radius 2 is 1.60 bits per heavy atom. The highest BCUT2D eigenvalue weighted by atomic mass is 32.1. The summed E-state index contributed by atoms with van der Waals surface area (Å²) in [5, 5.41) is 9.56. The van der Waals surface area contributed by atoms with Crippen molar-refractivity contribution < 1.29 is 9.59 Å². The fraction of sp³-hybridized carbons (Fsp3) is 0.261. The molecule has 6 nitrogen and oxygen atoms in total. The van der Waals surface area contributed by atoms with E-state index in [4.69, 9.17) is 4.98 Å². The van der Waals surface area contributed by atoms with Gasteiger partial charge in [0.2, 0.25) is 0 Å². The average molecular weight is 421 g/mol. The summed E-state index contributed by atoms with van der Waals surface area (Å²) in [4.78, 5) is 30.5. The molecule has 154 valence electrons. The zero-order valence-corrected chi connectivity index (χ0v) is 17.4. The number of rotatable bonds is 6. The number of amides is 3. The van der Waals surface area contributed by atoms with Crippen LogP contribution in [0.4, 0.5) is 16.2 Å². The van der Waals surface area contributed by atoms with E-state index in [1.54, 1.807) is 35.6 Å². The number of anilines is 2. The molecule has 0 bridgehead atoms. The molecular formula is C23H24N4O2S. The summed E-state index contributed by atoms with van der Waals surface area (Å²) in [6, 6.07) is 15.7. The number of aromatic nitrogens is 1. The molecule has 1 aliphatic carbocycles. The lowest BCUT2D eigenvalue weighted by atomic mass is 10.0. The third-order valence-corrected chi connectivity index (χ3v) is 6.17. The second-order valence-corrected chi connectivity index (χ2v) is 8.38. The van der Waals surface area contributed by atoms with Crippen molar-refractivity contribution >= 4 is 34.6 Å². The molecule has 1 aliphatic rings. The minimum atomic E-state index is -0.329. The van der Waals surface area contributed by atoms with Crippen LogP contribution in [0.15, 0.2) is 54.6 Å². The highest BCUT2D eigenvalue weighted by Gasteiger charge is 2.15. The Labute approximate surface area is 179 Å². The highest BCUT2D eigenvalue weighted by molar-refractivity contribution is 7.11. The third kappa shape index (κ3) is 5.24. The van der Waals surface area contributed by atoms with E-state index in [2.05, 4.69) is 16.0 Å². The van der Waals surface area contributed by atoms with Crippen LogP contribution < -0.4 is 16.0 Å². The molecular weight excluding hydrogens is 396 g/mol. The van der Waals surface area contributed by atoms with Crippen molar-refractivity contribution in [3.63, 3.8) is 0 Å². The predicted octanol–water partition coefficient (Wildman–Crippen LogP) is 4.64. The number of thiazole rings is 1. The van der Waals surface area contributed by atoms with Crippen molar-refractivity contribution in [3.05, 3.63) is 75.7 Å². The molecule has 0 saturated carbocycles. The van der Waals surface area contributed by atoms with E-state index < -0.39 is 0 Å². The molecule has 7 heteroatoms. The predicted molar refractivity (Wildman–Crippen MR) is 120 cm³/mol. The maximum absolute atomic E-state index is 12.4. The van der Waals surface area contributed by atoms with Gasteiger partial charge in [-0.25, -0.2) is 9.78 Å². The molecule has 3 N–H and O–H groups in total. The topological polar surface area (TPSA) is 83.1 Å². The molecule has 2 aromatic carbocycles. The number of para-hydroxylation sites is 1. The van der Waals surface area contributed by atoms with E-state index in [1.807, 2.05) is 30.3 Å². The monoisotopic (exact) mass is 420 g/mol. The molecule has 3 aromatic rings. The highest BCUT2D eigenvalue weighted by Crippen LogP contribution is 2.26. The van der Waals surface area contributed by atoms with Gasteiger partial charge in [0.15, 0.2) is 0 Å². The molecule has 0 spiro atoms. The number of carbonyl (C=O) groups is 2. The van der Waals surface area contributed by atoms with Gasteiger partial charge in [-0.2, -0.15) is 0 Å². The molecule has 0 aliphatic heterocycles. The minimum absolute atomic E-state index is 0.128. The van der Waals surface area contributed by atoms with Crippen LogP contribution in [0.2, 0.25) is 0 Å². The van der Waals surface area contributed by atoms with Gasteiger partial charge < -0.3 is 16.0 Å². The molecule has 30 heavy (non-hydrogen) atoms. The van der Waals surface area contributed by atoms with Crippen LogP contribution in [0, 0.1) is 0 Å². The SMILES string of the molecule is O=C(Nc1ccccc1)Nc1ccc(C(=O)NCCc2nc3c(s2)CCCC3)cc1. The molecule has 1 heterocycles. The van der Waals surface area contributed by atoms with Crippen LogP contribution in [0.3, 0.4) is 0 Å². The Morgan fingerprint density at radius 3 is 2.33 bits per heavy atom. The van der Waals surface area contributed by atoms with Crippen molar-refractivity contribution in [2.24, 2.45) is 0 Å². The van der Waals surface area contributed by atoms with Crippen LogP contribution in [0.1, 0.15) is 38.8 Å². The van der Waals surface area contributed by atoms with Crippen LogP contribution >= 0.6 is 11.3 Å². The lowest BCUT2D eigenvalue weighted by Crippen LogP contribution is -2.25. The summed E-state index contributed by atoms with van der Waals surface area (Å²) >= 11 is 1.78. The van der Waals surface area contributed by atoms with Gasteiger partial charge in [-0.3, -0.25) is 4.79 Å². The van der Waals surface area contributed by atoms with E-state index in [0.717, 1.165) is 24.3 Å². The van der Waals surface area contributed by atoms with E-state index in [9.17, 15) is 9.59 Å². The summed E-state index contributed by atoms with van der Waals surface area (Å²) < 4.78 is 0. The summed E-state index contributed by atoms with van der Waals surface area (Å²) in [6.45, 7) is 0.560.